The highest BCUT2D eigenvalue weighted by Gasteiger charge is 2.18. The fourth-order valence-electron chi connectivity index (χ4n) is 3.76. The fourth-order valence-corrected chi connectivity index (χ4v) is 3.76. The van der Waals surface area contributed by atoms with Crippen molar-refractivity contribution < 1.29 is 8.78 Å². The molecular formula is C24H23F2N3. The molecule has 0 amide bonds. The summed E-state index contributed by atoms with van der Waals surface area (Å²) in [6.45, 7) is 5.47. The Bertz CT molecular complexity index is 1150. The zero-order valence-corrected chi connectivity index (χ0v) is 16.8. The van der Waals surface area contributed by atoms with Gasteiger partial charge in [-0.3, -0.25) is 0 Å². The number of hydrogen-bond acceptors (Lipinski definition) is 2. The van der Waals surface area contributed by atoms with Crippen molar-refractivity contribution in [2.24, 2.45) is 0 Å². The summed E-state index contributed by atoms with van der Waals surface area (Å²) in [5.41, 5.74) is 5.46. The van der Waals surface area contributed by atoms with Gasteiger partial charge >= 0.3 is 0 Å². The number of halogens is 2. The predicted octanol–water partition coefficient (Wildman–Crippen LogP) is 5.62. The third kappa shape index (κ3) is 3.73. The molecule has 0 fully saturated rings. The van der Waals surface area contributed by atoms with Crippen LogP contribution in [-0.2, 0) is 13.1 Å². The van der Waals surface area contributed by atoms with E-state index in [1.807, 2.05) is 31.4 Å². The Morgan fingerprint density at radius 3 is 2.07 bits per heavy atom. The van der Waals surface area contributed by atoms with E-state index in [0.717, 1.165) is 33.5 Å². The van der Waals surface area contributed by atoms with Crippen LogP contribution >= 0.6 is 0 Å². The third-order valence-corrected chi connectivity index (χ3v) is 5.47. The summed E-state index contributed by atoms with van der Waals surface area (Å²) >= 11 is 0. The van der Waals surface area contributed by atoms with E-state index in [9.17, 15) is 8.78 Å². The topological polar surface area (TPSA) is 21.1 Å². The molecular weight excluding hydrogens is 368 g/mol. The molecule has 0 radical (unpaired) electrons. The van der Waals surface area contributed by atoms with Crippen LogP contribution in [0.3, 0.4) is 0 Å². The summed E-state index contributed by atoms with van der Waals surface area (Å²) in [7, 11) is 1.99. The molecule has 0 atom stereocenters. The standard InChI is InChI=1S/C24H23F2N3/c1-16-17(2)29(15-19-6-10-21(26)11-7-19)23-22(16)12-13-27-24(23)28(3)14-18-4-8-20(25)9-5-18/h4-13H,14-15H2,1-3H3. The summed E-state index contributed by atoms with van der Waals surface area (Å²) in [6, 6.07) is 15.2. The van der Waals surface area contributed by atoms with Crippen LogP contribution in [0.5, 0.6) is 0 Å². The van der Waals surface area contributed by atoms with Gasteiger partial charge in [0.25, 0.3) is 0 Å². The molecule has 2 aromatic heterocycles. The first-order valence-corrected chi connectivity index (χ1v) is 9.58. The Labute approximate surface area is 169 Å². The molecule has 4 rings (SSSR count). The van der Waals surface area contributed by atoms with Gasteiger partial charge in [-0.1, -0.05) is 24.3 Å². The van der Waals surface area contributed by atoms with Crippen LogP contribution in [0.1, 0.15) is 22.4 Å². The van der Waals surface area contributed by atoms with Gasteiger partial charge in [0.15, 0.2) is 5.82 Å². The van der Waals surface area contributed by atoms with Gasteiger partial charge in [0.1, 0.15) is 11.6 Å². The number of pyridine rings is 1. The van der Waals surface area contributed by atoms with Gasteiger partial charge in [-0.05, 0) is 60.9 Å². The molecule has 0 aliphatic heterocycles. The summed E-state index contributed by atoms with van der Waals surface area (Å²) in [5.74, 6) is 0.390. The first-order chi connectivity index (χ1) is 13.9. The minimum absolute atomic E-state index is 0.236. The van der Waals surface area contributed by atoms with Crippen molar-refractivity contribution in [3.8, 4) is 0 Å². The molecule has 0 aliphatic rings. The molecule has 5 heteroatoms. The average molecular weight is 391 g/mol. The highest BCUT2D eigenvalue weighted by atomic mass is 19.1. The molecule has 0 saturated carbocycles. The van der Waals surface area contributed by atoms with Crippen molar-refractivity contribution in [1.29, 1.82) is 0 Å². The van der Waals surface area contributed by atoms with E-state index in [1.54, 1.807) is 12.1 Å². The largest absolute Gasteiger partial charge is 0.354 e. The molecule has 2 aromatic carbocycles. The minimum Gasteiger partial charge on any atom is -0.354 e. The van der Waals surface area contributed by atoms with Gasteiger partial charge in [0.05, 0.1) is 5.52 Å². The second kappa shape index (κ2) is 7.66. The molecule has 0 N–H and O–H groups in total. The van der Waals surface area contributed by atoms with Crippen LogP contribution < -0.4 is 4.90 Å². The zero-order chi connectivity index (χ0) is 20.5. The summed E-state index contributed by atoms with van der Waals surface area (Å²) in [4.78, 5) is 6.74. The van der Waals surface area contributed by atoms with Crippen molar-refractivity contribution in [1.82, 2.24) is 9.55 Å². The van der Waals surface area contributed by atoms with E-state index in [-0.39, 0.29) is 11.6 Å². The number of aryl methyl sites for hydroxylation is 1. The number of benzene rings is 2. The Kier molecular flexibility index (Phi) is 5.05. The lowest BCUT2D eigenvalue weighted by Gasteiger charge is -2.21. The Morgan fingerprint density at radius 2 is 1.45 bits per heavy atom. The maximum atomic E-state index is 13.3. The molecule has 0 bridgehead atoms. The first kappa shape index (κ1) is 19.1. The molecule has 0 aliphatic carbocycles. The van der Waals surface area contributed by atoms with Gasteiger partial charge in [0, 0.05) is 37.4 Å². The smallest absolute Gasteiger partial charge is 0.153 e. The van der Waals surface area contributed by atoms with E-state index in [4.69, 9.17) is 0 Å². The van der Waals surface area contributed by atoms with Gasteiger partial charge in [-0.25, -0.2) is 13.8 Å². The quantitative estimate of drug-likeness (QED) is 0.440. The monoisotopic (exact) mass is 391 g/mol. The highest BCUT2D eigenvalue weighted by Crippen LogP contribution is 2.32. The lowest BCUT2D eigenvalue weighted by molar-refractivity contribution is 0.626. The Morgan fingerprint density at radius 1 is 0.862 bits per heavy atom. The van der Waals surface area contributed by atoms with Crippen LogP contribution in [-0.4, -0.2) is 16.6 Å². The minimum atomic E-state index is -0.240. The maximum Gasteiger partial charge on any atom is 0.153 e. The number of hydrogen-bond donors (Lipinski definition) is 0. The summed E-state index contributed by atoms with van der Waals surface area (Å²) in [6.07, 6.45) is 1.83. The van der Waals surface area contributed by atoms with E-state index < -0.39 is 0 Å². The number of nitrogens with zero attached hydrogens (tertiary/aromatic N) is 3. The van der Waals surface area contributed by atoms with E-state index >= 15 is 0 Å². The molecule has 0 spiro atoms. The van der Waals surface area contributed by atoms with Crippen LogP contribution in [0.25, 0.3) is 10.9 Å². The van der Waals surface area contributed by atoms with E-state index in [1.165, 1.54) is 29.8 Å². The second-order valence-electron chi connectivity index (χ2n) is 7.44. The van der Waals surface area contributed by atoms with Crippen molar-refractivity contribution in [2.75, 3.05) is 11.9 Å². The van der Waals surface area contributed by atoms with Crippen LogP contribution in [0.4, 0.5) is 14.6 Å². The SMILES string of the molecule is Cc1c(C)n(Cc2ccc(F)cc2)c2c(N(C)Cc3ccc(F)cc3)nccc12. The normalized spacial score (nSPS) is 11.2. The number of aromatic nitrogens is 2. The van der Waals surface area contributed by atoms with Crippen LogP contribution in [0, 0.1) is 25.5 Å². The molecule has 0 saturated heterocycles. The van der Waals surface area contributed by atoms with Crippen LogP contribution in [0.2, 0.25) is 0 Å². The van der Waals surface area contributed by atoms with Crippen molar-refractivity contribution in [3.63, 3.8) is 0 Å². The molecule has 4 aromatic rings. The third-order valence-electron chi connectivity index (χ3n) is 5.47. The highest BCUT2D eigenvalue weighted by molar-refractivity contribution is 5.93. The van der Waals surface area contributed by atoms with Gasteiger partial charge in [-0.2, -0.15) is 0 Å². The van der Waals surface area contributed by atoms with Crippen molar-refractivity contribution in [3.05, 3.63) is 94.8 Å². The number of anilines is 1. The summed E-state index contributed by atoms with van der Waals surface area (Å²) < 4.78 is 28.8. The first-order valence-electron chi connectivity index (χ1n) is 9.58. The lowest BCUT2D eigenvalue weighted by atomic mass is 10.2. The lowest BCUT2D eigenvalue weighted by Crippen LogP contribution is -2.19. The van der Waals surface area contributed by atoms with Crippen LogP contribution in [0.15, 0.2) is 60.8 Å². The van der Waals surface area contributed by atoms with Crippen molar-refractivity contribution in [2.45, 2.75) is 26.9 Å². The van der Waals surface area contributed by atoms with Gasteiger partial charge in [-0.15, -0.1) is 0 Å². The zero-order valence-electron chi connectivity index (χ0n) is 16.8. The van der Waals surface area contributed by atoms with Gasteiger partial charge < -0.3 is 9.47 Å². The maximum absolute atomic E-state index is 13.3. The molecule has 0 unspecified atom stereocenters. The Balaban J connectivity index is 1.77. The van der Waals surface area contributed by atoms with Crippen molar-refractivity contribution >= 4 is 16.7 Å². The second-order valence-corrected chi connectivity index (χ2v) is 7.44. The predicted molar refractivity (Wildman–Crippen MR) is 113 cm³/mol. The average Bonchev–Trinajstić information content (AvgIpc) is 2.96. The summed E-state index contributed by atoms with van der Waals surface area (Å²) in [5, 5.41) is 1.15. The van der Waals surface area contributed by atoms with E-state index in [2.05, 4.69) is 28.3 Å². The molecule has 2 heterocycles. The number of rotatable bonds is 5. The molecule has 3 nitrogen and oxygen atoms in total. The molecule has 148 valence electrons. The fraction of sp³-hybridized carbons (Fsp3) is 0.208. The Hall–Kier alpha value is -3.21. The van der Waals surface area contributed by atoms with Gasteiger partial charge in [0.2, 0.25) is 0 Å². The van der Waals surface area contributed by atoms with E-state index in [0.29, 0.717) is 13.1 Å². The number of fused-ring (bicyclic) bond motifs is 1. The molecule has 29 heavy (non-hydrogen) atoms.